The van der Waals surface area contributed by atoms with Crippen LogP contribution >= 0.6 is 11.5 Å². The molecule has 0 aliphatic carbocycles. The predicted molar refractivity (Wildman–Crippen MR) is 140 cm³/mol. The number of halogens is 3. The van der Waals surface area contributed by atoms with Gasteiger partial charge >= 0.3 is 17.8 Å². The molecule has 0 atom stereocenters. The van der Waals surface area contributed by atoms with Gasteiger partial charge < -0.3 is 9.47 Å². The van der Waals surface area contributed by atoms with E-state index in [9.17, 15) is 27.6 Å². The molecule has 0 radical (unpaired) electrons. The van der Waals surface area contributed by atoms with Crippen LogP contribution in [0.15, 0.2) is 52.1 Å². The molecule has 0 N–H and O–H groups in total. The van der Waals surface area contributed by atoms with Gasteiger partial charge in [-0.1, -0.05) is 12.0 Å². The fourth-order valence-corrected chi connectivity index (χ4v) is 4.70. The van der Waals surface area contributed by atoms with Crippen molar-refractivity contribution < 1.29 is 27.4 Å². The fourth-order valence-electron chi connectivity index (χ4n) is 3.93. The number of carbonyl (C=O) groups is 1. The molecule has 39 heavy (non-hydrogen) atoms. The summed E-state index contributed by atoms with van der Waals surface area (Å²) in [6.45, 7) is 4.73. The predicted octanol–water partition coefficient (Wildman–Crippen LogP) is 4.47. The summed E-state index contributed by atoms with van der Waals surface area (Å²) in [5, 5.41) is 0.569. The van der Waals surface area contributed by atoms with E-state index in [2.05, 4.69) is 10.3 Å². The summed E-state index contributed by atoms with van der Waals surface area (Å²) in [4.78, 5) is 37.7. The smallest absolute Gasteiger partial charge is 0.431 e. The zero-order valence-electron chi connectivity index (χ0n) is 21.3. The lowest BCUT2D eigenvalue weighted by Gasteiger charge is -2.24. The van der Waals surface area contributed by atoms with Crippen LogP contribution in [0.4, 0.5) is 13.2 Å². The lowest BCUT2D eigenvalue weighted by molar-refractivity contribution is -0.157. The number of hydrogen-bond acceptors (Lipinski definition) is 7. The zero-order valence-corrected chi connectivity index (χ0v) is 22.1. The zero-order chi connectivity index (χ0) is 28.7. The van der Waals surface area contributed by atoms with Crippen molar-refractivity contribution in [2.45, 2.75) is 32.5 Å². The van der Waals surface area contributed by atoms with Crippen LogP contribution in [0.2, 0.25) is 0 Å². The van der Waals surface area contributed by atoms with Crippen molar-refractivity contribution in [1.82, 2.24) is 13.5 Å². The molecular weight excluding hydrogens is 535 g/mol. The molecule has 0 aliphatic heterocycles. The first-order valence-electron chi connectivity index (χ1n) is 11.5. The minimum absolute atomic E-state index is 0.0886. The number of terminal acetylenes is 1. The number of ether oxygens (including phenoxy) is 2. The van der Waals surface area contributed by atoms with Gasteiger partial charge in [0.25, 0.3) is 5.56 Å². The number of aryl methyl sites for hydroxylation is 1. The monoisotopic (exact) mass is 557 g/mol. The maximum atomic E-state index is 13.3. The van der Waals surface area contributed by atoms with E-state index in [4.69, 9.17) is 15.9 Å². The number of fused-ring (bicyclic) bond motifs is 1. The van der Waals surface area contributed by atoms with Crippen LogP contribution in [-0.2, 0) is 22.8 Å². The SMILES string of the molecule is C#CCOC(=O)C(C)(C)Oc1ccc(C)c(-c2nsc3ccc(-n4c(=O)cc(C(F)(F)F)n(C)c4=O)cc23)c1. The maximum Gasteiger partial charge on any atom is 0.431 e. The van der Waals surface area contributed by atoms with Crippen LogP contribution in [0.5, 0.6) is 5.75 Å². The summed E-state index contributed by atoms with van der Waals surface area (Å²) in [6, 6.07) is 10.2. The average Bonchev–Trinajstić information content (AvgIpc) is 3.28. The van der Waals surface area contributed by atoms with E-state index in [1.54, 1.807) is 24.3 Å². The molecule has 12 heteroatoms. The normalized spacial score (nSPS) is 11.8. The fraction of sp³-hybridized carbons (Fsp3) is 0.259. The molecule has 2 heterocycles. The van der Waals surface area contributed by atoms with Crippen molar-refractivity contribution in [3.63, 3.8) is 0 Å². The minimum Gasteiger partial charge on any atom is -0.476 e. The van der Waals surface area contributed by atoms with Gasteiger partial charge in [0, 0.05) is 24.1 Å². The molecule has 0 bridgehead atoms. The number of aromatic nitrogens is 3. The van der Waals surface area contributed by atoms with Gasteiger partial charge in [0.1, 0.15) is 11.4 Å². The summed E-state index contributed by atoms with van der Waals surface area (Å²) in [5.41, 5.74) is -2.87. The summed E-state index contributed by atoms with van der Waals surface area (Å²) >= 11 is 1.17. The molecule has 0 fully saturated rings. The third-order valence-corrected chi connectivity index (χ3v) is 6.76. The van der Waals surface area contributed by atoms with Gasteiger partial charge in [-0.25, -0.2) is 14.2 Å². The molecule has 8 nitrogen and oxygen atoms in total. The van der Waals surface area contributed by atoms with Crippen LogP contribution in [-0.4, -0.2) is 31.7 Å². The van der Waals surface area contributed by atoms with E-state index in [1.807, 2.05) is 6.92 Å². The van der Waals surface area contributed by atoms with E-state index in [-0.39, 0.29) is 12.3 Å². The van der Waals surface area contributed by atoms with Crippen molar-refractivity contribution in [3.05, 3.63) is 74.6 Å². The Morgan fingerprint density at radius 2 is 1.85 bits per heavy atom. The Balaban J connectivity index is 1.80. The van der Waals surface area contributed by atoms with E-state index in [1.165, 1.54) is 37.5 Å². The highest BCUT2D eigenvalue weighted by molar-refractivity contribution is 7.13. The molecule has 4 aromatic rings. The number of esters is 1. The number of benzene rings is 2. The highest BCUT2D eigenvalue weighted by Crippen LogP contribution is 2.36. The van der Waals surface area contributed by atoms with Gasteiger partial charge in [-0.15, -0.1) is 6.42 Å². The maximum absolute atomic E-state index is 13.3. The van der Waals surface area contributed by atoms with Gasteiger partial charge in [-0.3, -0.25) is 9.36 Å². The molecule has 0 saturated heterocycles. The minimum atomic E-state index is -4.86. The standard InChI is InChI=1S/C27H22F3N3O5S/c1-6-11-37-24(35)26(3,4)38-17-9-7-15(2)18(13-17)23-19-12-16(8-10-20(19)39-31-23)33-22(34)14-21(27(28,29)30)32(5)25(33)36/h1,7-10,12-14H,11H2,2-5H3. The van der Waals surface area contributed by atoms with Gasteiger partial charge in [-0.05, 0) is 68.2 Å². The first-order chi connectivity index (χ1) is 18.2. The van der Waals surface area contributed by atoms with Crippen molar-refractivity contribution >= 4 is 27.6 Å². The Hall–Kier alpha value is -4.37. The molecule has 0 saturated carbocycles. The van der Waals surface area contributed by atoms with Gasteiger partial charge in [0.05, 0.1) is 16.1 Å². The lowest BCUT2D eigenvalue weighted by Crippen LogP contribution is -2.40. The lowest BCUT2D eigenvalue weighted by atomic mass is 10.0. The van der Waals surface area contributed by atoms with Gasteiger partial charge in [0.15, 0.2) is 12.2 Å². The topological polar surface area (TPSA) is 92.4 Å². The average molecular weight is 558 g/mol. The number of carbonyl (C=O) groups excluding carboxylic acids is 1. The van der Waals surface area contributed by atoms with Crippen molar-refractivity contribution in [2.75, 3.05) is 6.61 Å². The van der Waals surface area contributed by atoms with E-state index >= 15 is 0 Å². The Kier molecular flexibility index (Phi) is 7.14. The van der Waals surface area contributed by atoms with Crippen LogP contribution in [0.3, 0.4) is 0 Å². The van der Waals surface area contributed by atoms with Crippen molar-refractivity contribution in [2.24, 2.45) is 7.05 Å². The molecule has 4 rings (SSSR count). The molecular formula is C27H22F3N3O5S. The van der Waals surface area contributed by atoms with Crippen molar-refractivity contribution in [3.8, 4) is 35.0 Å². The Labute approximate surface area is 224 Å². The Bertz CT molecular complexity index is 1760. The Morgan fingerprint density at radius 1 is 1.13 bits per heavy atom. The second-order valence-electron chi connectivity index (χ2n) is 9.12. The van der Waals surface area contributed by atoms with E-state index < -0.39 is 34.7 Å². The first kappa shape index (κ1) is 27.7. The molecule has 0 spiro atoms. The van der Waals surface area contributed by atoms with Crippen molar-refractivity contribution in [1.29, 1.82) is 0 Å². The van der Waals surface area contributed by atoms with Gasteiger partial charge in [0.2, 0.25) is 0 Å². The summed E-state index contributed by atoms with van der Waals surface area (Å²) in [7, 11) is 0.954. The summed E-state index contributed by atoms with van der Waals surface area (Å²) < 4.78 is 57.0. The molecule has 0 unspecified atom stereocenters. The summed E-state index contributed by atoms with van der Waals surface area (Å²) in [6.07, 6.45) is 0.284. The third-order valence-electron chi connectivity index (χ3n) is 5.94. The second-order valence-corrected chi connectivity index (χ2v) is 9.93. The highest BCUT2D eigenvalue weighted by atomic mass is 32.1. The molecule has 0 aliphatic rings. The largest absolute Gasteiger partial charge is 0.476 e. The molecule has 2 aromatic carbocycles. The Morgan fingerprint density at radius 3 is 2.51 bits per heavy atom. The number of rotatable bonds is 6. The number of hydrogen-bond donors (Lipinski definition) is 0. The quantitative estimate of drug-likeness (QED) is 0.257. The van der Waals surface area contributed by atoms with Crippen LogP contribution in [0.1, 0.15) is 25.1 Å². The van der Waals surface area contributed by atoms with Crippen LogP contribution in [0.25, 0.3) is 27.0 Å². The number of alkyl halides is 3. The van der Waals surface area contributed by atoms with Crippen LogP contribution in [0, 0.1) is 19.3 Å². The molecule has 202 valence electrons. The first-order valence-corrected chi connectivity index (χ1v) is 12.2. The van der Waals surface area contributed by atoms with E-state index in [0.717, 1.165) is 17.3 Å². The highest BCUT2D eigenvalue weighted by Gasteiger charge is 2.35. The summed E-state index contributed by atoms with van der Waals surface area (Å²) in [5.74, 6) is 1.93. The van der Waals surface area contributed by atoms with Gasteiger partial charge in [-0.2, -0.15) is 17.5 Å². The van der Waals surface area contributed by atoms with E-state index in [0.29, 0.717) is 37.6 Å². The number of nitrogens with zero attached hydrogens (tertiary/aromatic N) is 3. The van der Waals surface area contributed by atoms with Crippen LogP contribution < -0.4 is 16.0 Å². The third kappa shape index (κ3) is 5.31. The molecule has 2 aromatic heterocycles. The second kappa shape index (κ2) is 10.1. The molecule has 0 amide bonds.